The van der Waals surface area contributed by atoms with Gasteiger partial charge >= 0.3 is 6.18 Å². The molecular weight excluding hydrogens is 334 g/mol. The van der Waals surface area contributed by atoms with Crippen LogP contribution in [0.5, 0.6) is 0 Å². The Labute approximate surface area is 126 Å². The standard InChI is InChI=1S/C12H8Cl2F3NOS/c13-7-2-1-6(3-8(7)14)4-9(19)10-5-18-11(20-10)12(15,16)17/h1-3,5,9,19H,4H2. The second kappa shape index (κ2) is 5.89. The van der Waals surface area contributed by atoms with E-state index in [4.69, 9.17) is 23.2 Å². The van der Waals surface area contributed by atoms with Gasteiger partial charge in [0.25, 0.3) is 0 Å². The van der Waals surface area contributed by atoms with E-state index in [-0.39, 0.29) is 11.3 Å². The third-order valence-corrected chi connectivity index (χ3v) is 4.39. The molecule has 108 valence electrons. The lowest BCUT2D eigenvalue weighted by atomic mass is 10.1. The van der Waals surface area contributed by atoms with E-state index in [9.17, 15) is 18.3 Å². The molecule has 2 nitrogen and oxygen atoms in total. The molecule has 0 radical (unpaired) electrons. The number of aromatic nitrogens is 1. The number of alkyl halides is 3. The maximum atomic E-state index is 12.4. The molecule has 20 heavy (non-hydrogen) atoms. The van der Waals surface area contributed by atoms with Crippen LogP contribution in [0, 0.1) is 0 Å². The van der Waals surface area contributed by atoms with Gasteiger partial charge in [-0.2, -0.15) is 13.2 Å². The molecule has 0 spiro atoms. The molecule has 0 fully saturated rings. The van der Waals surface area contributed by atoms with Gasteiger partial charge < -0.3 is 5.11 Å². The predicted octanol–water partition coefficient (Wildman–Crippen LogP) is 4.74. The third kappa shape index (κ3) is 3.63. The summed E-state index contributed by atoms with van der Waals surface area (Å²) in [6.07, 6.45) is -4.39. The SMILES string of the molecule is OC(Cc1ccc(Cl)c(Cl)c1)c1cnc(C(F)(F)F)s1. The lowest BCUT2D eigenvalue weighted by molar-refractivity contribution is -0.137. The summed E-state index contributed by atoms with van der Waals surface area (Å²) in [7, 11) is 0. The Balaban J connectivity index is 2.13. The molecule has 0 aliphatic rings. The lowest BCUT2D eigenvalue weighted by Gasteiger charge is -2.09. The van der Waals surface area contributed by atoms with Gasteiger partial charge in [0, 0.05) is 12.6 Å². The van der Waals surface area contributed by atoms with Crippen LogP contribution in [-0.2, 0) is 12.6 Å². The number of hydrogen-bond acceptors (Lipinski definition) is 3. The summed E-state index contributed by atoms with van der Waals surface area (Å²) in [6, 6.07) is 4.79. The van der Waals surface area contributed by atoms with Gasteiger partial charge in [-0.3, -0.25) is 0 Å². The minimum Gasteiger partial charge on any atom is -0.387 e. The van der Waals surface area contributed by atoms with Crippen molar-refractivity contribution in [3.8, 4) is 0 Å². The maximum absolute atomic E-state index is 12.4. The highest BCUT2D eigenvalue weighted by Crippen LogP contribution is 2.35. The van der Waals surface area contributed by atoms with Gasteiger partial charge in [0.15, 0.2) is 5.01 Å². The molecule has 2 rings (SSSR count). The van der Waals surface area contributed by atoms with Crippen molar-refractivity contribution in [3.63, 3.8) is 0 Å². The highest BCUT2D eigenvalue weighted by molar-refractivity contribution is 7.11. The zero-order valence-electron chi connectivity index (χ0n) is 9.79. The van der Waals surface area contributed by atoms with Crippen molar-refractivity contribution in [3.05, 3.63) is 49.9 Å². The molecule has 0 amide bonds. The molecule has 0 bridgehead atoms. The van der Waals surface area contributed by atoms with Crippen LogP contribution >= 0.6 is 34.5 Å². The fourth-order valence-corrected chi connectivity index (χ4v) is 2.65. The first-order valence-corrected chi connectivity index (χ1v) is 6.99. The molecular formula is C12H8Cl2F3NOS. The van der Waals surface area contributed by atoms with E-state index in [0.717, 1.165) is 6.20 Å². The van der Waals surface area contributed by atoms with E-state index in [2.05, 4.69) is 4.98 Å². The van der Waals surface area contributed by atoms with Crippen molar-refractivity contribution >= 4 is 34.5 Å². The molecule has 1 aromatic carbocycles. The first-order valence-electron chi connectivity index (χ1n) is 5.42. The molecule has 0 saturated heterocycles. The number of aliphatic hydroxyl groups is 1. The van der Waals surface area contributed by atoms with E-state index >= 15 is 0 Å². The third-order valence-electron chi connectivity index (χ3n) is 2.51. The molecule has 1 heterocycles. The Morgan fingerprint density at radius 3 is 2.50 bits per heavy atom. The highest BCUT2D eigenvalue weighted by Gasteiger charge is 2.35. The summed E-state index contributed by atoms with van der Waals surface area (Å²) in [4.78, 5) is 3.42. The zero-order valence-corrected chi connectivity index (χ0v) is 12.1. The summed E-state index contributed by atoms with van der Waals surface area (Å²) < 4.78 is 37.3. The Hall–Kier alpha value is -0.820. The molecule has 1 aromatic heterocycles. The van der Waals surface area contributed by atoms with E-state index in [1.807, 2.05) is 0 Å². The van der Waals surface area contributed by atoms with Gasteiger partial charge in [0.2, 0.25) is 0 Å². The minimum atomic E-state index is -4.49. The van der Waals surface area contributed by atoms with Crippen molar-refractivity contribution in [1.82, 2.24) is 4.98 Å². The minimum absolute atomic E-state index is 0.135. The van der Waals surface area contributed by atoms with Gasteiger partial charge in [-0.25, -0.2) is 4.98 Å². The molecule has 0 aliphatic heterocycles. The van der Waals surface area contributed by atoms with Gasteiger partial charge in [-0.15, -0.1) is 11.3 Å². The van der Waals surface area contributed by atoms with Crippen LogP contribution in [-0.4, -0.2) is 10.1 Å². The van der Waals surface area contributed by atoms with Crippen LogP contribution in [0.25, 0.3) is 0 Å². The van der Waals surface area contributed by atoms with Crippen LogP contribution in [0.15, 0.2) is 24.4 Å². The fraction of sp³-hybridized carbons (Fsp3) is 0.250. The first kappa shape index (κ1) is 15.6. The number of benzene rings is 1. The largest absolute Gasteiger partial charge is 0.443 e. The first-order chi connectivity index (χ1) is 9.27. The molecule has 1 atom stereocenters. The second-order valence-corrected chi connectivity index (χ2v) is 5.91. The van der Waals surface area contributed by atoms with Crippen molar-refractivity contribution in [1.29, 1.82) is 0 Å². The van der Waals surface area contributed by atoms with E-state index in [1.54, 1.807) is 18.2 Å². The number of hydrogen-bond donors (Lipinski definition) is 1. The molecule has 1 N–H and O–H groups in total. The Morgan fingerprint density at radius 2 is 1.95 bits per heavy atom. The quantitative estimate of drug-likeness (QED) is 0.874. The summed E-state index contributed by atoms with van der Waals surface area (Å²) in [5, 5.41) is 9.68. The Morgan fingerprint density at radius 1 is 1.25 bits per heavy atom. The van der Waals surface area contributed by atoms with Gasteiger partial charge in [0.05, 0.1) is 21.0 Å². The molecule has 0 aliphatic carbocycles. The van der Waals surface area contributed by atoms with Crippen LogP contribution in [0.4, 0.5) is 13.2 Å². The number of halogens is 5. The van der Waals surface area contributed by atoms with Crippen LogP contribution in [0.1, 0.15) is 21.6 Å². The van der Waals surface area contributed by atoms with Crippen molar-refractivity contribution < 1.29 is 18.3 Å². The van der Waals surface area contributed by atoms with Gasteiger partial charge in [-0.05, 0) is 17.7 Å². The molecule has 8 heteroatoms. The zero-order chi connectivity index (χ0) is 14.9. The van der Waals surface area contributed by atoms with Crippen molar-refractivity contribution in [2.45, 2.75) is 18.7 Å². The topological polar surface area (TPSA) is 33.1 Å². The van der Waals surface area contributed by atoms with Crippen LogP contribution in [0.2, 0.25) is 10.0 Å². The Kier molecular flexibility index (Phi) is 4.59. The monoisotopic (exact) mass is 341 g/mol. The highest BCUT2D eigenvalue weighted by atomic mass is 35.5. The molecule has 1 unspecified atom stereocenters. The molecule has 0 saturated carbocycles. The van der Waals surface area contributed by atoms with E-state index in [1.165, 1.54) is 0 Å². The Bertz CT molecular complexity index is 615. The van der Waals surface area contributed by atoms with Crippen LogP contribution in [0.3, 0.4) is 0 Å². The maximum Gasteiger partial charge on any atom is 0.443 e. The normalized spacial score (nSPS) is 13.5. The van der Waals surface area contributed by atoms with E-state index < -0.39 is 17.3 Å². The summed E-state index contributed by atoms with van der Waals surface area (Å²) >= 11 is 12.0. The summed E-state index contributed by atoms with van der Waals surface area (Å²) in [5.74, 6) is 0. The van der Waals surface area contributed by atoms with E-state index in [0.29, 0.717) is 26.9 Å². The summed E-state index contributed by atoms with van der Waals surface area (Å²) in [5.41, 5.74) is 0.675. The van der Waals surface area contributed by atoms with Crippen LogP contribution < -0.4 is 0 Å². The van der Waals surface area contributed by atoms with Crippen molar-refractivity contribution in [2.24, 2.45) is 0 Å². The smallest absolute Gasteiger partial charge is 0.387 e. The second-order valence-electron chi connectivity index (χ2n) is 4.03. The number of aliphatic hydroxyl groups excluding tert-OH is 1. The number of nitrogens with zero attached hydrogens (tertiary/aromatic N) is 1. The summed E-state index contributed by atoms with van der Waals surface area (Å²) in [6.45, 7) is 0. The van der Waals surface area contributed by atoms with Gasteiger partial charge in [0.1, 0.15) is 0 Å². The number of thiazole rings is 1. The van der Waals surface area contributed by atoms with Crippen molar-refractivity contribution in [2.75, 3.05) is 0 Å². The molecule has 2 aromatic rings. The average Bonchev–Trinajstić information content (AvgIpc) is 2.83. The fourth-order valence-electron chi connectivity index (χ4n) is 1.56. The van der Waals surface area contributed by atoms with Gasteiger partial charge in [-0.1, -0.05) is 29.3 Å². The number of rotatable bonds is 3. The lowest BCUT2D eigenvalue weighted by Crippen LogP contribution is -2.03. The average molecular weight is 342 g/mol. The predicted molar refractivity (Wildman–Crippen MR) is 72.2 cm³/mol.